The highest BCUT2D eigenvalue weighted by atomic mass is 15.3. The molecule has 1 heterocycles. The van der Waals surface area contributed by atoms with Crippen LogP contribution in [0.3, 0.4) is 0 Å². The van der Waals surface area contributed by atoms with Crippen LogP contribution in [-0.2, 0) is 7.05 Å². The Kier molecular flexibility index (Phi) is 2.87. The van der Waals surface area contributed by atoms with Gasteiger partial charge in [0, 0.05) is 30.9 Å². The zero-order chi connectivity index (χ0) is 9.97. The van der Waals surface area contributed by atoms with Crippen LogP contribution in [0.4, 0.5) is 0 Å². The molecule has 14 heavy (non-hydrogen) atoms. The van der Waals surface area contributed by atoms with Crippen LogP contribution < -0.4 is 5.73 Å². The largest absolute Gasteiger partial charge is 0.328 e. The van der Waals surface area contributed by atoms with Crippen molar-refractivity contribution in [1.82, 2.24) is 9.78 Å². The summed E-state index contributed by atoms with van der Waals surface area (Å²) in [7, 11) is 2.02. The van der Waals surface area contributed by atoms with Crippen molar-refractivity contribution in [2.45, 2.75) is 44.1 Å². The fourth-order valence-electron chi connectivity index (χ4n) is 2.45. The summed E-state index contributed by atoms with van der Waals surface area (Å²) in [4.78, 5) is 0. The first-order valence-electron chi connectivity index (χ1n) is 5.51. The maximum atomic E-state index is 6.05. The van der Waals surface area contributed by atoms with Crippen LogP contribution in [0.25, 0.3) is 0 Å². The van der Waals surface area contributed by atoms with Gasteiger partial charge in [-0.25, -0.2) is 0 Å². The molecule has 1 aromatic rings. The first kappa shape index (κ1) is 9.71. The van der Waals surface area contributed by atoms with Crippen molar-refractivity contribution >= 4 is 0 Å². The first-order valence-corrected chi connectivity index (χ1v) is 5.51. The molecule has 0 saturated heterocycles. The lowest BCUT2D eigenvalue weighted by Crippen LogP contribution is -2.21. The SMILES string of the molecule is Cn1nccc1C1CCCCC(N)C1. The highest BCUT2D eigenvalue weighted by Gasteiger charge is 2.20. The molecule has 0 aliphatic heterocycles. The van der Waals surface area contributed by atoms with Crippen molar-refractivity contribution in [2.75, 3.05) is 0 Å². The third kappa shape index (κ3) is 1.98. The van der Waals surface area contributed by atoms with Gasteiger partial charge in [-0.15, -0.1) is 0 Å². The van der Waals surface area contributed by atoms with E-state index in [0.29, 0.717) is 12.0 Å². The molecule has 1 aliphatic rings. The van der Waals surface area contributed by atoms with Crippen molar-refractivity contribution in [3.63, 3.8) is 0 Å². The fourth-order valence-corrected chi connectivity index (χ4v) is 2.45. The maximum absolute atomic E-state index is 6.05. The Labute approximate surface area is 85.3 Å². The Morgan fingerprint density at radius 2 is 2.21 bits per heavy atom. The molecule has 78 valence electrons. The maximum Gasteiger partial charge on any atom is 0.0492 e. The van der Waals surface area contributed by atoms with Crippen molar-refractivity contribution in [2.24, 2.45) is 12.8 Å². The van der Waals surface area contributed by atoms with Crippen LogP contribution in [0.5, 0.6) is 0 Å². The summed E-state index contributed by atoms with van der Waals surface area (Å²) in [5.74, 6) is 0.625. The zero-order valence-electron chi connectivity index (χ0n) is 8.82. The van der Waals surface area contributed by atoms with Crippen LogP contribution in [0.1, 0.15) is 43.7 Å². The highest BCUT2D eigenvalue weighted by molar-refractivity contribution is 5.08. The molecule has 3 nitrogen and oxygen atoms in total. The molecular weight excluding hydrogens is 174 g/mol. The van der Waals surface area contributed by atoms with E-state index in [-0.39, 0.29) is 0 Å². The average molecular weight is 193 g/mol. The number of hydrogen-bond donors (Lipinski definition) is 1. The third-order valence-electron chi connectivity index (χ3n) is 3.24. The molecule has 2 N–H and O–H groups in total. The highest BCUT2D eigenvalue weighted by Crippen LogP contribution is 2.30. The van der Waals surface area contributed by atoms with Gasteiger partial charge in [0.2, 0.25) is 0 Å². The Hall–Kier alpha value is -0.830. The molecule has 0 bridgehead atoms. The van der Waals surface area contributed by atoms with Crippen molar-refractivity contribution < 1.29 is 0 Å². The van der Waals surface area contributed by atoms with E-state index < -0.39 is 0 Å². The second-order valence-electron chi connectivity index (χ2n) is 4.36. The van der Waals surface area contributed by atoms with Crippen LogP contribution in [0, 0.1) is 0 Å². The summed E-state index contributed by atoms with van der Waals surface area (Å²) in [6, 6.07) is 2.51. The normalized spacial score (nSPS) is 28.7. The molecule has 0 spiro atoms. The van der Waals surface area contributed by atoms with Crippen molar-refractivity contribution in [3.05, 3.63) is 18.0 Å². The minimum absolute atomic E-state index is 0.386. The Morgan fingerprint density at radius 3 is 2.93 bits per heavy atom. The summed E-state index contributed by atoms with van der Waals surface area (Å²) in [6.07, 6.45) is 8.06. The molecule has 2 unspecified atom stereocenters. The quantitative estimate of drug-likeness (QED) is 0.691. The number of hydrogen-bond acceptors (Lipinski definition) is 2. The second-order valence-corrected chi connectivity index (χ2v) is 4.36. The number of aryl methyl sites for hydroxylation is 1. The lowest BCUT2D eigenvalue weighted by atomic mass is 9.95. The Balaban J connectivity index is 2.13. The van der Waals surface area contributed by atoms with E-state index in [4.69, 9.17) is 5.73 Å². The van der Waals surface area contributed by atoms with Gasteiger partial charge in [0.25, 0.3) is 0 Å². The molecule has 2 atom stereocenters. The van der Waals surface area contributed by atoms with E-state index in [2.05, 4.69) is 11.2 Å². The minimum atomic E-state index is 0.386. The van der Waals surface area contributed by atoms with Gasteiger partial charge in [-0.2, -0.15) is 5.10 Å². The van der Waals surface area contributed by atoms with Gasteiger partial charge in [0.05, 0.1) is 0 Å². The van der Waals surface area contributed by atoms with Gasteiger partial charge in [-0.1, -0.05) is 12.8 Å². The third-order valence-corrected chi connectivity index (χ3v) is 3.24. The first-order chi connectivity index (χ1) is 6.77. The van der Waals surface area contributed by atoms with Gasteiger partial charge in [-0.05, 0) is 25.3 Å². The lowest BCUT2D eigenvalue weighted by Gasteiger charge is -2.17. The molecule has 1 saturated carbocycles. The number of rotatable bonds is 1. The fraction of sp³-hybridized carbons (Fsp3) is 0.727. The zero-order valence-corrected chi connectivity index (χ0v) is 8.82. The monoisotopic (exact) mass is 193 g/mol. The van der Waals surface area contributed by atoms with E-state index in [1.807, 2.05) is 17.9 Å². The smallest absolute Gasteiger partial charge is 0.0492 e. The van der Waals surface area contributed by atoms with E-state index in [1.165, 1.54) is 31.4 Å². The van der Waals surface area contributed by atoms with Gasteiger partial charge >= 0.3 is 0 Å². The number of nitrogens with zero attached hydrogens (tertiary/aromatic N) is 2. The second kappa shape index (κ2) is 4.13. The van der Waals surface area contributed by atoms with Crippen LogP contribution in [-0.4, -0.2) is 15.8 Å². The molecular formula is C11H19N3. The molecule has 3 heteroatoms. The molecule has 0 amide bonds. The van der Waals surface area contributed by atoms with Crippen molar-refractivity contribution in [1.29, 1.82) is 0 Å². The van der Waals surface area contributed by atoms with Gasteiger partial charge in [0.15, 0.2) is 0 Å². The number of nitrogens with two attached hydrogens (primary N) is 1. The van der Waals surface area contributed by atoms with Gasteiger partial charge < -0.3 is 5.73 Å². The van der Waals surface area contributed by atoms with E-state index in [0.717, 1.165) is 6.42 Å². The predicted octanol–water partition coefficient (Wildman–Crippen LogP) is 1.80. The summed E-state index contributed by atoms with van der Waals surface area (Å²) in [6.45, 7) is 0. The summed E-state index contributed by atoms with van der Waals surface area (Å²) in [5, 5.41) is 4.22. The Bertz CT molecular complexity index is 292. The van der Waals surface area contributed by atoms with E-state index in [1.54, 1.807) is 0 Å². The molecule has 1 aliphatic carbocycles. The minimum Gasteiger partial charge on any atom is -0.328 e. The topological polar surface area (TPSA) is 43.8 Å². The van der Waals surface area contributed by atoms with Crippen LogP contribution in [0.15, 0.2) is 12.3 Å². The van der Waals surface area contributed by atoms with E-state index >= 15 is 0 Å². The molecule has 1 fully saturated rings. The van der Waals surface area contributed by atoms with Gasteiger partial charge in [0.1, 0.15) is 0 Å². The summed E-state index contributed by atoms with van der Waals surface area (Å²) >= 11 is 0. The average Bonchev–Trinajstić information content (AvgIpc) is 2.45. The molecule has 2 rings (SSSR count). The number of aromatic nitrogens is 2. The van der Waals surface area contributed by atoms with E-state index in [9.17, 15) is 0 Å². The van der Waals surface area contributed by atoms with Crippen LogP contribution in [0.2, 0.25) is 0 Å². The molecule has 1 aromatic heterocycles. The Morgan fingerprint density at radius 1 is 1.43 bits per heavy atom. The molecule has 0 radical (unpaired) electrons. The van der Waals surface area contributed by atoms with Gasteiger partial charge in [-0.3, -0.25) is 4.68 Å². The lowest BCUT2D eigenvalue weighted by molar-refractivity contribution is 0.505. The molecule has 0 aromatic carbocycles. The predicted molar refractivity (Wildman–Crippen MR) is 57.0 cm³/mol. The van der Waals surface area contributed by atoms with Crippen LogP contribution >= 0.6 is 0 Å². The standard InChI is InChI=1S/C11H19N3/c1-14-11(6-7-13-14)9-4-2-3-5-10(12)8-9/h6-7,9-10H,2-5,8,12H2,1H3. The summed E-state index contributed by atoms with van der Waals surface area (Å²) < 4.78 is 1.99. The summed E-state index contributed by atoms with van der Waals surface area (Å²) in [5.41, 5.74) is 7.40. The van der Waals surface area contributed by atoms with Crippen molar-refractivity contribution in [3.8, 4) is 0 Å².